The number of nitrogens with one attached hydrogen (secondary N) is 2. The molecule has 0 radical (unpaired) electrons. The van der Waals surface area contributed by atoms with Crippen LogP contribution in [0.25, 0.3) is 11.0 Å². The largest absolute Gasteiger partial charge is 0.329 e. The summed E-state index contributed by atoms with van der Waals surface area (Å²) in [6.07, 6.45) is 3.33. The van der Waals surface area contributed by atoms with Crippen molar-refractivity contribution >= 4 is 28.6 Å². The van der Waals surface area contributed by atoms with Gasteiger partial charge in [-0.05, 0) is 37.3 Å². The van der Waals surface area contributed by atoms with Crippen molar-refractivity contribution in [3.8, 4) is 0 Å². The van der Waals surface area contributed by atoms with Crippen LogP contribution in [-0.2, 0) is 4.79 Å². The van der Waals surface area contributed by atoms with Crippen LogP contribution in [0.1, 0.15) is 18.5 Å². The van der Waals surface area contributed by atoms with E-state index in [2.05, 4.69) is 20.8 Å². The van der Waals surface area contributed by atoms with Crippen LogP contribution >= 0.6 is 0 Å². The SMILES string of the molecule is CC1=C(C(=O)Nc2ccccc2)C(c2ccnnc2)n2c(nc3ccccc32)N1. The molecule has 1 atom stereocenters. The molecule has 0 saturated carbocycles. The van der Waals surface area contributed by atoms with E-state index in [0.717, 1.165) is 28.0 Å². The Morgan fingerprint density at radius 2 is 1.83 bits per heavy atom. The number of fused-ring (bicyclic) bond motifs is 3. The highest BCUT2D eigenvalue weighted by atomic mass is 16.1. The number of benzene rings is 2. The van der Waals surface area contributed by atoms with E-state index in [1.807, 2.05) is 72.2 Å². The summed E-state index contributed by atoms with van der Waals surface area (Å²) in [5, 5.41) is 14.2. The van der Waals surface area contributed by atoms with Crippen molar-refractivity contribution in [2.75, 3.05) is 10.6 Å². The van der Waals surface area contributed by atoms with Crippen molar-refractivity contribution in [1.82, 2.24) is 19.7 Å². The zero-order chi connectivity index (χ0) is 19.8. The first kappa shape index (κ1) is 17.1. The third-order valence-corrected chi connectivity index (χ3v) is 5.03. The van der Waals surface area contributed by atoms with Crippen molar-refractivity contribution in [3.63, 3.8) is 0 Å². The normalized spacial score (nSPS) is 15.7. The molecule has 5 rings (SSSR count). The summed E-state index contributed by atoms with van der Waals surface area (Å²) >= 11 is 0. The van der Waals surface area contributed by atoms with E-state index >= 15 is 0 Å². The van der Waals surface area contributed by atoms with Gasteiger partial charge in [0.05, 0.1) is 28.8 Å². The highest BCUT2D eigenvalue weighted by Gasteiger charge is 2.34. The first-order valence-electron chi connectivity index (χ1n) is 9.30. The van der Waals surface area contributed by atoms with Crippen LogP contribution in [0.2, 0.25) is 0 Å². The van der Waals surface area contributed by atoms with Crippen LogP contribution < -0.4 is 10.6 Å². The molecule has 2 N–H and O–H groups in total. The van der Waals surface area contributed by atoms with Gasteiger partial charge in [-0.3, -0.25) is 9.36 Å². The topological polar surface area (TPSA) is 84.7 Å². The average molecular weight is 382 g/mol. The summed E-state index contributed by atoms with van der Waals surface area (Å²) in [6, 6.07) is 18.8. The van der Waals surface area contributed by atoms with Crippen molar-refractivity contribution in [3.05, 3.63) is 89.9 Å². The number of nitrogens with zero attached hydrogens (tertiary/aromatic N) is 4. The molecule has 2 aromatic carbocycles. The number of aromatic nitrogens is 4. The standard InChI is InChI=1S/C22H18N6O/c1-14-19(21(29)26-16-7-3-2-4-8-16)20(15-11-12-23-24-13-15)28-18-10-6-5-9-17(18)27-22(28)25-14/h2-13,20H,1H3,(H,25,27)(H,26,29). The van der Waals surface area contributed by atoms with E-state index < -0.39 is 0 Å². The minimum Gasteiger partial charge on any atom is -0.329 e. The van der Waals surface area contributed by atoms with Crippen LogP contribution in [0.15, 0.2) is 84.3 Å². The molecule has 0 saturated heterocycles. The van der Waals surface area contributed by atoms with Gasteiger partial charge in [0.2, 0.25) is 5.95 Å². The van der Waals surface area contributed by atoms with Crippen LogP contribution in [-0.4, -0.2) is 25.7 Å². The van der Waals surface area contributed by atoms with E-state index in [1.165, 1.54) is 0 Å². The van der Waals surface area contributed by atoms with Gasteiger partial charge in [0, 0.05) is 23.1 Å². The molecule has 3 heterocycles. The van der Waals surface area contributed by atoms with Crippen molar-refractivity contribution in [2.24, 2.45) is 0 Å². The second kappa shape index (κ2) is 6.87. The van der Waals surface area contributed by atoms with Crippen LogP contribution in [0.4, 0.5) is 11.6 Å². The lowest BCUT2D eigenvalue weighted by atomic mass is 9.95. The van der Waals surface area contributed by atoms with Crippen molar-refractivity contribution in [1.29, 1.82) is 0 Å². The number of carbonyl (C=O) groups is 1. The van der Waals surface area contributed by atoms with Crippen molar-refractivity contribution < 1.29 is 4.79 Å². The number of para-hydroxylation sites is 3. The lowest BCUT2D eigenvalue weighted by molar-refractivity contribution is -0.113. The molecule has 0 spiro atoms. The fourth-order valence-corrected chi connectivity index (χ4v) is 3.76. The molecule has 7 nitrogen and oxygen atoms in total. The number of hydrogen-bond donors (Lipinski definition) is 2. The van der Waals surface area contributed by atoms with E-state index in [1.54, 1.807) is 12.4 Å². The Balaban J connectivity index is 1.67. The number of hydrogen-bond acceptors (Lipinski definition) is 5. The lowest BCUT2D eigenvalue weighted by Gasteiger charge is -2.30. The Kier molecular flexibility index (Phi) is 4.05. The first-order valence-corrected chi connectivity index (χ1v) is 9.30. The number of rotatable bonds is 3. The van der Waals surface area contributed by atoms with Crippen LogP contribution in [0, 0.1) is 0 Å². The monoisotopic (exact) mass is 382 g/mol. The molecule has 1 aliphatic heterocycles. The Morgan fingerprint density at radius 1 is 1.03 bits per heavy atom. The minimum atomic E-state index is -0.377. The molecule has 29 heavy (non-hydrogen) atoms. The second-order valence-corrected chi connectivity index (χ2v) is 6.86. The number of imidazole rings is 1. The third kappa shape index (κ3) is 2.93. The van der Waals surface area contributed by atoms with Gasteiger partial charge in [0.1, 0.15) is 0 Å². The predicted molar refractivity (Wildman–Crippen MR) is 111 cm³/mol. The Morgan fingerprint density at radius 3 is 2.62 bits per heavy atom. The molecule has 0 bridgehead atoms. The smallest absolute Gasteiger partial charge is 0.255 e. The minimum absolute atomic E-state index is 0.175. The zero-order valence-electron chi connectivity index (χ0n) is 15.7. The summed E-state index contributed by atoms with van der Waals surface area (Å²) in [7, 11) is 0. The summed E-state index contributed by atoms with van der Waals surface area (Å²) in [6.45, 7) is 1.89. The molecule has 1 amide bonds. The van der Waals surface area contributed by atoms with Gasteiger partial charge in [-0.2, -0.15) is 10.2 Å². The van der Waals surface area contributed by atoms with Crippen LogP contribution in [0.5, 0.6) is 0 Å². The molecule has 7 heteroatoms. The highest BCUT2D eigenvalue weighted by molar-refractivity contribution is 6.06. The predicted octanol–water partition coefficient (Wildman–Crippen LogP) is 3.75. The quantitative estimate of drug-likeness (QED) is 0.564. The van der Waals surface area contributed by atoms with E-state index in [0.29, 0.717) is 11.5 Å². The number of carbonyl (C=O) groups excluding carboxylic acids is 1. The molecule has 0 fully saturated rings. The molecule has 0 aliphatic carbocycles. The van der Waals surface area contributed by atoms with E-state index in [-0.39, 0.29) is 11.9 Å². The average Bonchev–Trinajstić information content (AvgIpc) is 3.12. The second-order valence-electron chi connectivity index (χ2n) is 6.86. The zero-order valence-corrected chi connectivity index (χ0v) is 15.7. The maximum absolute atomic E-state index is 13.4. The molecule has 2 aromatic heterocycles. The van der Waals surface area contributed by atoms with Gasteiger partial charge in [-0.15, -0.1) is 0 Å². The van der Waals surface area contributed by atoms with Crippen molar-refractivity contribution in [2.45, 2.75) is 13.0 Å². The first-order chi connectivity index (χ1) is 14.2. The maximum Gasteiger partial charge on any atom is 0.255 e. The number of amides is 1. The van der Waals surface area contributed by atoms with Gasteiger partial charge in [0.15, 0.2) is 0 Å². The Bertz CT molecular complexity index is 1230. The highest BCUT2D eigenvalue weighted by Crippen LogP contribution is 2.39. The van der Waals surface area contributed by atoms with Gasteiger partial charge < -0.3 is 10.6 Å². The maximum atomic E-state index is 13.4. The third-order valence-electron chi connectivity index (χ3n) is 5.03. The molecule has 4 aromatic rings. The summed E-state index contributed by atoms with van der Waals surface area (Å²) in [4.78, 5) is 18.1. The molecule has 142 valence electrons. The summed E-state index contributed by atoms with van der Waals surface area (Å²) in [5.41, 5.74) is 4.77. The van der Waals surface area contributed by atoms with Gasteiger partial charge in [-0.25, -0.2) is 4.98 Å². The lowest BCUT2D eigenvalue weighted by Crippen LogP contribution is -2.31. The van der Waals surface area contributed by atoms with Gasteiger partial charge in [0.25, 0.3) is 5.91 Å². The summed E-state index contributed by atoms with van der Waals surface area (Å²) < 4.78 is 2.04. The van der Waals surface area contributed by atoms with E-state index in [9.17, 15) is 4.79 Å². The molecular weight excluding hydrogens is 364 g/mol. The fourth-order valence-electron chi connectivity index (χ4n) is 3.76. The Labute approximate surface area is 167 Å². The molecule has 1 aliphatic rings. The molecule has 1 unspecified atom stereocenters. The fraction of sp³-hybridized carbons (Fsp3) is 0.0909. The van der Waals surface area contributed by atoms with E-state index in [4.69, 9.17) is 4.98 Å². The number of allylic oxidation sites excluding steroid dienone is 1. The number of anilines is 2. The van der Waals surface area contributed by atoms with Crippen LogP contribution in [0.3, 0.4) is 0 Å². The summed E-state index contributed by atoms with van der Waals surface area (Å²) in [5.74, 6) is 0.521. The molecular formula is C22H18N6O. The Hall–Kier alpha value is -4.00. The van der Waals surface area contributed by atoms with Gasteiger partial charge in [-0.1, -0.05) is 30.3 Å². The van der Waals surface area contributed by atoms with Gasteiger partial charge >= 0.3 is 0 Å².